The van der Waals surface area contributed by atoms with Crippen LogP contribution >= 0.6 is 7.60 Å². The number of aromatic nitrogens is 4. The molecule has 0 radical (unpaired) electrons. The molecule has 0 unspecified atom stereocenters. The molecule has 2 aromatic heterocycles. The van der Waals surface area contributed by atoms with Crippen molar-refractivity contribution in [2.45, 2.75) is 6.73 Å². The first kappa shape index (κ1) is 14.8. The van der Waals surface area contributed by atoms with Crippen molar-refractivity contribution in [3.63, 3.8) is 0 Å². The van der Waals surface area contributed by atoms with Gasteiger partial charge in [0.1, 0.15) is 24.9 Å². The Morgan fingerprint density at radius 3 is 2.75 bits per heavy atom. The third-order valence-corrected chi connectivity index (χ3v) is 2.81. The van der Waals surface area contributed by atoms with E-state index in [0.29, 0.717) is 17.0 Å². The molecule has 20 heavy (non-hydrogen) atoms. The first-order valence-corrected chi connectivity index (χ1v) is 7.38. The minimum absolute atomic E-state index is 0.0782. The average Bonchev–Trinajstić information content (AvgIpc) is 2.77. The van der Waals surface area contributed by atoms with Crippen LogP contribution in [0.1, 0.15) is 0 Å². The second-order valence-electron chi connectivity index (χ2n) is 3.88. The number of ether oxygens (including phenoxy) is 2. The molecule has 2 rings (SSSR count). The topological polar surface area (TPSA) is 146 Å². The summed E-state index contributed by atoms with van der Waals surface area (Å²) in [5, 5.41) is 0. The molecule has 11 heteroatoms. The maximum Gasteiger partial charge on any atom is 0.350 e. The van der Waals surface area contributed by atoms with Crippen LogP contribution in [0.25, 0.3) is 11.2 Å². The average molecular weight is 303 g/mol. The minimum Gasteiger partial charge on any atom is -0.382 e. The number of hydrogen-bond donors (Lipinski definition) is 3. The fraction of sp³-hybridized carbons (Fsp3) is 0.444. The number of hydrogen-bond acceptors (Lipinski definition) is 7. The van der Waals surface area contributed by atoms with E-state index in [-0.39, 0.29) is 19.9 Å². The zero-order chi connectivity index (χ0) is 14.6. The van der Waals surface area contributed by atoms with Crippen LogP contribution < -0.4 is 5.73 Å². The van der Waals surface area contributed by atoms with E-state index in [0.717, 1.165) is 0 Å². The Morgan fingerprint density at radius 1 is 1.25 bits per heavy atom. The Bertz CT molecular complexity index is 626. The van der Waals surface area contributed by atoms with Crippen LogP contribution in [0.2, 0.25) is 0 Å². The molecule has 2 aromatic rings. The smallest absolute Gasteiger partial charge is 0.350 e. The number of nitrogens with zero attached hydrogens (tertiary/aromatic N) is 4. The van der Waals surface area contributed by atoms with Crippen LogP contribution in [0.3, 0.4) is 0 Å². The number of anilines is 1. The molecule has 0 fully saturated rings. The highest BCUT2D eigenvalue weighted by Crippen LogP contribution is 2.33. The van der Waals surface area contributed by atoms with Crippen LogP contribution in [0, 0.1) is 0 Å². The number of nitrogen functional groups attached to an aromatic ring is 1. The Labute approximate surface area is 113 Å². The normalized spacial score (nSPS) is 12.1. The fourth-order valence-corrected chi connectivity index (χ4v) is 1.82. The van der Waals surface area contributed by atoms with Crippen LogP contribution in [-0.4, -0.2) is 48.9 Å². The lowest BCUT2D eigenvalue weighted by Gasteiger charge is -2.07. The quantitative estimate of drug-likeness (QED) is 0.456. The maximum atomic E-state index is 10.5. The van der Waals surface area contributed by atoms with Gasteiger partial charge in [-0.3, -0.25) is 9.13 Å². The second-order valence-corrected chi connectivity index (χ2v) is 5.47. The van der Waals surface area contributed by atoms with E-state index in [1.165, 1.54) is 12.7 Å². The fourth-order valence-electron chi connectivity index (χ4n) is 1.46. The molecular formula is C9H14N5O5P. The molecule has 0 spiro atoms. The standard InChI is InChI=1S/C9H14N5O5P/c10-8-7-9(12-3-11-8)14(4-13-7)5-18-1-2-19-6-20(15,16)17/h3-4H,1-2,5-6H2,(H2,10,11,12)(H2,15,16,17). The predicted octanol–water partition coefficient (Wildman–Crippen LogP) is -0.466. The Kier molecular flexibility index (Phi) is 4.63. The lowest BCUT2D eigenvalue weighted by Crippen LogP contribution is -2.09. The van der Waals surface area contributed by atoms with Crippen molar-refractivity contribution in [2.75, 3.05) is 25.3 Å². The summed E-state index contributed by atoms with van der Waals surface area (Å²) in [5.41, 5.74) is 6.69. The van der Waals surface area contributed by atoms with E-state index in [4.69, 9.17) is 25.0 Å². The van der Waals surface area contributed by atoms with Crippen molar-refractivity contribution in [1.29, 1.82) is 0 Å². The van der Waals surface area contributed by atoms with Crippen molar-refractivity contribution < 1.29 is 23.8 Å². The van der Waals surface area contributed by atoms with Crippen LogP contribution in [0.5, 0.6) is 0 Å². The molecule has 0 aliphatic heterocycles. The Morgan fingerprint density at radius 2 is 2.00 bits per heavy atom. The highest BCUT2D eigenvalue weighted by Gasteiger charge is 2.12. The van der Waals surface area contributed by atoms with Crippen molar-refractivity contribution in [2.24, 2.45) is 0 Å². The Hall–Kier alpha value is -1.58. The van der Waals surface area contributed by atoms with Gasteiger partial charge in [-0.25, -0.2) is 15.0 Å². The largest absolute Gasteiger partial charge is 0.382 e. The molecular weight excluding hydrogens is 289 g/mol. The number of nitrogens with two attached hydrogens (primary N) is 1. The molecule has 2 heterocycles. The lowest BCUT2D eigenvalue weighted by molar-refractivity contribution is 0.0281. The summed E-state index contributed by atoms with van der Waals surface area (Å²) in [4.78, 5) is 29.1. The number of imidazole rings is 1. The second kappa shape index (κ2) is 6.25. The molecule has 0 saturated heterocycles. The van der Waals surface area contributed by atoms with Crippen LogP contribution in [0.4, 0.5) is 5.82 Å². The summed E-state index contributed by atoms with van der Waals surface area (Å²) < 4.78 is 22.2. The van der Waals surface area contributed by atoms with Crippen molar-refractivity contribution in [1.82, 2.24) is 19.5 Å². The minimum atomic E-state index is -4.12. The highest BCUT2D eigenvalue weighted by atomic mass is 31.2. The first-order chi connectivity index (χ1) is 9.47. The summed E-state index contributed by atoms with van der Waals surface area (Å²) in [5.74, 6) is 0.290. The molecule has 110 valence electrons. The molecule has 4 N–H and O–H groups in total. The van der Waals surface area contributed by atoms with Gasteiger partial charge >= 0.3 is 7.60 Å². The van der Waals surface area contributed by atoms with E-state index >= 15 is 0 Å². The summed E-state index contributed by atoms with van der Waals surface area (Å²) in [6.07, 6.45) is 2.24. The number of fused-ring (bicyclic) bond motifs is 1. The van der Waals surface area contributed by atoms with Gasteiger partial charge in [-0.2, -0.15) is 0 Å². The molecule has 0 atom stereocenters. The summed E-state index contributed by atoms with van der Waals surface area (Å²) in [6, 6.07) is 0. The number of rotatable bonds is 7. The zero-order valence-electron chi connectivity index (χ0n) is 10.4. The molecule has 0 saturated carbocycles. The molecule has 0 aliphatic rings. The zero-order valence-corrected chi connectivity index (χ0v) is 11.3. The van der Waals surface area contributed by atoms with Crippen molar-refractivity contribution >= 4 is 24.6 Å². The molecule has 10 nitrogen and oxygen atoms in total. The molecule has 0 aliphatic carbocycles. The van der Waals surface area contributed by atoms with Gasteiger partial charge in [-0.1, -0.05) is 0 Å². The molecule has 0 amide bonds. The van der Waals surface area contributed by atoms with Gasteiger partial charge < -0.3 is 25.0 Å². The summed E-state index contributed by atoms with van der Waals surface area (Å²) >= 11 is 0. The lowest BCUT2D eigenvalue weighted by atomic mass is 10.5. The van der Waals surface area contributed by atoms with Crippen molar-refractivity contribution in [3.05, 3.63) is 12.7 Å². The predicted molar refractivity (Wildman–Crippen MR) is 68.6 cm³/mol. The van der Waals surface area contributed by atoms with Gasteiger partial charge in [-0.05, 0) is 0 Å². The first-order valence-electron chi connectivity index (χ1n) is 5.59. The van der Waals surface area contributed by atoms with E-state index in [1.54, 1.807) is 4.57 Å². The van der Waals surface area contributed by atoms with E-state index in [2.05, 4.69) is 15.0 Å². The molecule has 0 bridgehead atoms. The van der Waals surface area contributed by atoms with Gasteiger partial charge in [0.2, 0.25) is 0 Å². The summed E-state index contributed by atoms with van der Waals surface area (Å²) in [6.45, 7) is 0.432. The van der Waals surface area contributed by atoms with E-state index < -0.39 is 13.9 Å². The van der Waals surface area contributed by atoms with E-state index in [9.17, 15) is 4.57 Å². The van der Waals surface area contributed by atoms with Gasteiger partial charge in [-0.15, -0.1) is 0 Å². The third-order valence-electron chi connectivity index (χ3n) is 2.29. The van der Waals surface area contributed by atoms with Gasteiger partial charge in [0.25, 0.3) is 0 Å². The van der Waals surface area contributed by atoms with Crippen LogP contribution in [-0.2, 0) is 20.8 Å². The molecule has 0 aromatic carbocycles. The van der Waals surface area contributed by atoms with Gasteiger partial charge in [0, 0.05) is 0 Å². The van der Waals surface area contributed by atoms with Gasteiger partial charge in [0.15, 0.2) is 11.5 Å². The Balaban J connectivity index is 1.79. The third kappa shape index (κ3) is 3.95. The van der Waals surface area contributed by atoms with Crippen LogP contribution in [0.15, 0.2) is 12.7 Å². The SMILES string of the molecule is Nc1ncnc2c1ncn2COCCOCP(=O)(O)O. The monoisotopic (exact) mass is 303 g/mol. The summed E-state index contributed by atoms with van der Waals surface area (Å²) in [7, 11) is -4.12. The van der Waals surface area contributed by atoms with E-state index in [1.807, 2.05) is 0 Å². The van der Waals surface area contributed by atoms with Crippen molar-refractivity contribution in [3.8, 4) is 0 Å². The van der Waals surface area contributed by atoms with Gasteiger partial charge in [0.05, 0.1) is 19.5 Å². The highest BCUT2D eigenvalue weighted by molar-refractivity contribution is 7.51. The maximum absolute atomic E-state index is 10.5.